The number of amides is 1. The van der Waals surface area contributed by atoms with Crippen molar-refractivity contribution in [2.75, 3.05) is 13.2 Å². The minimum absolute atomic E-state index is 0.125. The van der Waals surface area contributed by atoms with E-state index >= 15 is 0 Å². The van der Waals surface area contributed by atoms with E-state index in [4.69, 9.17) is 9.47 Å². The second-order valence-electron chi connectivity index (χ2n) is 6.00. The second-order valence-corrected chi connectivity index (χ2v) is 6.86. The van der Waals surface area contributed by atoms with Gasteiger partial charge in [0.25, 0.3) is 5.91 Å². The summed E-state index contributed by atoms with van der Waals surface area (Å²) < 4.78 is 11.4. The molecule has 0 bridgehead atoms. The number of carbonyl (C=O) groups is 1. The van der Waals surface area contributed by atoms with Crippen molar-refractivity contribution in [3.05, 3.63) is 40.5 Å². The highest BCUT2D eigenvalue weighted by Gasteiger charge is 2.30. The summed E-state index contributed by atoms with van der Waals surface area (Å²) in [6, 6.07) is 5.36. The minimum Gasteiger partial charge on any atom is -0.470 e. The quantitative estimate of drug-likeness (QED) is 0.900. The van der Waals surface area contributed by atoms with Crippen LogP contribution in [0.3, 0.4) is 0 Å². The predicted molar refractivity (Wildman–Crippen MR) is 91.5 cm³/mol. The summed E-state index contributed by atoms with van der Waals surface area (Å²) in [5, 5.41) is 5.46. The van der Waals surface area contributed by atoms with Gasteiger partial charge in [0.15, 0.2) is 5.01 Å². The highest BCUT2D eigenvalue weighted by Crippen LogP contribution is 2.19. The van der Waals surface area contributed by atoms with Gasteiger partial charge in [-0.3, -0.25) is 4.79 Å². The molecule has 7 heteroatoms. The summed E-state index contributed by atoms with van der Waals surface area (Å²) in [6.45, 7) is 5.15. The molecule has 128 valence electrons. The zero-order chi connectivity index (χ0) is 16.9. The van der Waals surface area contributed by atoms with E-state index < -0.39 is 0 Å². The number of carbonyl (C=O) groups excluding carboxylic acids is 1. The largest absolute Gasteiger partial charge is 0.470 e. The van der Waals surface area contributed by atoms with Gasteiger partial charge in [0.1, 0.15) is 6.10 Å². The third-order valence-electron chi connectivity index (χ3n) is 3.84. The number of nitrogens with one attached hydrogen (secondary N) is 1. The van der Waals surface area contributed by atoms with Gasteiger partial charge in [-0.05, 0) is 18.4 Å². The van der Waals surface area contributed by atoms with Gasteiger partial charge in [-0.2, -0.15) is 0 Å². The maximum absolute atomic E-state index is 12.5. The molecule has 0 saturated carbocycles. The highest BCUT2D eigenvalue weighted by molar-refractivity contribution is 7.11. The summed E-state index contributed by atoms with van der Waals surface area (Å²) in [7, 11) is 0. The minimum atomic E-state index is -0.262. The van der Waals surface area contributed by atoms with E-state index in [9.17, 15) is 4.79 Å². The Labute approximate surface area is 145 Å². The van der Waals surface area contributed by atoms with E-state index in [1.54, 1.807) is 12.3 Å². The van der Waals surface area contributed by atoms with Crippen LogP contribution >= 0.6 is 11.3 Å². The topological polar surface area (TPSA) is 73.3 Å². The maximum atomic E-state index is 12.5. The molecule has 0 aliphatic carbocycles. The zero-order valence-corrected chi connectivity index (χ0v) is 14.6. The molecule has 2 aromatic rings. The molecule has 2 aromatic heterocycles. The monoisotopic (exact) mass is 347 g/mol. The van der Waals surface area contributed by atoms with Crippen molar-refractivity contribution < 1.29 is 14.3 Å². The molecule has 2 atom stereocenters. The Kier molecular flexibility index (Phi) is 5.42. The normalized spacial score (nSPS) is 20.8. The van der Waals surface area contributed by atoms with Crippen LogP contribution in [0.4, 0.5) is 0 Å². The van der Waals surface area contributed by atoms with E-state index in [1.807, 2.05) is 17.5 Å². The van der Waals surface area contributed by atoms with Gasteiger partial charge in [-0.15, -0.1) is 11.3 Å². The average Bonchev–Trinajstić information content (AvgIpc) is 3.08. The number of aromatic nitrogens is 2. The molecular weight excluding hydrogens is 326 g/mol. The van der Waals surface area contributed by atoms with Crippen LogP contribution < -0.4 is 10.1 Å². The van der Waals surface area contributed by atoms with Crippen molar-refractivity contribution in [2.45, 2.75) is 38.3 Å². The number of nitrogens with zero attached hydrogens (tertiary/aromatic N) is 2. The molecule has 1 aliphatic rings. The number of thiazole rings is 1. The lowest BCUT2D eigenvalue weighted by molar-refractivity contribution is -0.0153. The highest BCUT2D eigenvalue weighted by atomic mass is 32.1. The first kappa shape index (κ1) is 16.9. The van der Waals surface area contributed by atoms with Crippen molar-refractivity contribution in [3.63, 3.8) is 0 Å². The van der Waals surface area contributed by atoms with Gasteiger partial charge >= 0.3 is 0 Å². The van der Waals surface area contributed by atoms with Crippen LogP contribution in [-0.4, -0.2) is 41.2 Å². The molecule has 1 fully saturated rings. The molecule has 1 saturated heterocycles. The van der Waals surface area contributed by atoms with E-state index in [2.05, 4.69) is 29.1 Å². The Bertz CT molecular complexity index is 675. The van der Waals surface area contributed by atoms with Gasteiger partial charge in [0, 0.05) is 24.3 Å². The maximum Gasteiger partial charge on any atom is 0.280 e. The molecule has 0 aromatic carbocycles. The summed E-state index contributed by atoms with van der Waals surface area (Å²) in [5.41, 5.74) is 0.943. The fraction of sp³-hybridized carbons (Fsp3) is 0.471. The molecule has 1 aliphatic heterocycles. The third kappa shape index (κ3) is 4.10. The van der Waals surface area contributed by atoms with Crippen molar-refractivity contribution in [3.8, 4) is 5.88 Å². The van der Waals surface area contributed by atoms with Crippen LogP contribution in [0.25, 0.3) is 0 Å². The molecule has 0 radical (unpaired) electrons. The van der Waals surface area contributed by atoms with Crippen molar-refractivity contribution >= 4 is 17.2 Å². The van der Waals surface area contributed by atoms with Crippen LogP contribution in [-0.2, 0) is 4.74 Å². The molecule has 24 heavy (non-hydrogen) atoms. The van der Waals surface area contributed by atoms with E-state index in [1.165, 1.54) is 11.3 Å². The molecule has 2 unspecified atom stereocenters. The molecule has 6 nitrogen and oxygen atoms in total. The van der Waals surface area contributed by atoms with Crippen molar-refractivity contribution in [1.82, 2.24) is 15.3 Å². The van der Waals surface area contributed by atoms with Gasteiger partial charge in [0.2, 0.25) is 5.88 Å². The summed E-state index contributed by atoms with van der Waals surface area (Å²) in [5.74, 6) is 0.683. The first-order valence-electron chi connectivity index (χ1n) is 8.05. The molecule has 1 amide bonds. The van der Waals surface area contributed by atoms with Crippen LogP contribution in [0.5, 0.6) is 5.88 Å². The standard InChI is InChI=1S/C17H21N3O3S/c1-11(2)13-10-24-17(20-13)16(21)19-12-6-8-22-9-14(12)23-15-5-3-4-7-18-15/h3-5,7,10-12,14H,6,8-9H2,1-2H3,(H,19,21). The SMILES string of the molecule is CC(C)c1csc(C(=O)NC2CCOCC2Oc2ccccn2)n1. The molecular formula is C17H21N3O3S. The Morgan fingerprint density at radius 3 is 3.04 bits per heavy atom. The lowest BCUT2D eigenvalue weighted by Crippen LogP contribution is -2.51. The van der Waals surface area contributed by atoms with E-state index in [0.717, 1.165) is 5.69 Å². The first-order valence-corrected chi connectivity index (χ1v) is 8.93. The second kappa shape index (κ2) is 7.72. The zero-order valence-electron chi connectivity index (χ0n) is 13.8. The lowest BCUT2D eigenvalue weighted by atomic mass is 10.1. The Balaban J connectivity index is 1.65. The van der Waals surface area contributed by atoms with Crippen LogP contribution in [0.1, 0.15) is 41.7 Å². The Morgan fingerprint density at radius 2 is 2.33 bits per heavy atom. The fourth-order valence-corrected chi connectivity index (χ4v) is 3.33. The third-order valence-corrected chi connectivity index (χ3v) is 4.70. The summed E-state index contributed by atoms with van der Waals surface area (Å²) in [4.78, 5) is 21.0. The molecule has 3 rings (SSSR count). The Morgan fingerprint density at radius 1 is 1.46 bits per heavy atom. The number of pyridine rings is 1. The van der Waals surface area contributed by atoms with Crippen molar-refractivity contribution in [2.24, 2.45) is 0 Å². The number of hydrogen-bond donors (Lipinski definition) is 1. The number of ether oxygens (including phenoxy) is 2. The van der Waals surface area contributed by atoms with Crippen LogP contribution in [0, 0.1) is 0 Å². The fourth-order valence-electron chi connectivity index (χ4n) is 2.45. The summed E-state index contributed by atoms with van der Waals surface area (Å²) in [6.07, 6.45) is 2.11. The average molecular weight is 347 g/mol. The number of hydrogen-bond acceptors (Lipinski definition) is 6. The predicted octanol–water partition coefficient (Wildman–Crippen LogP) is 2.63. The van der Waals surface area contributed by atoms with E-state index in [0.29, 0.717) is 36.4 Å². The first-order chi connectivity index (χ1) is 11.6. The van der Waals surface area contributed by atoms with Gasteiger partial charge in [0.05, 0.1) is 18.3 Å². The van der Waals surface area contributed by atoms with Crippen LogP contribution in [0.2, 0.25) is 0 Å². The molecule has 1 N–H and O–H groups in total. The Hall–Kier alpha value is -1.99. The molecule has 3 heterocycles. The van der Waals surface area contributed by atoms with Crippen LogP contribution in [0.15, 0.2) is 29.8 Å². The van der Waals surface area contributed by atoms with E-state index in [-0.39, 0.29) is 18.1 Å². The van der Waals surface area contributed by atoms with Crippen molar-refractivity contribution in [1.29, 1.82) is 0 Å². The molecule has 0 spiro atoms. The van der Waals surface area contributed by atoms with Gasteiger partial charge in [-0.25, -0.2) is 9.97 Å². The van der Waals surface area contributed by atoms with Gasteiger partial charge in [-0.1, -0.05) is 19.9 Å². The smallest absolute Gasteiger partial charge is 0.280 e. The summed E-state index contributed by atoms with van der Waals surface area (Å²) >= 11 is 1.37. The lowest BCUT2D eigenvalue weighted by Gasteiger charge is -2.31. The number of rotatable bonds is 5. The van der Waals surface area contributed by atoms with Gasteiger partial charge < -0.3 is 14.8 Å².